The van der Waals surface area contributed by atoms with E-state index in [0.29, 0.717) is 18.9 Å². The Kier molecular flexibility index (Phi) is 2.18. The first-order chi connectivity index (χ1) is 7.77. The van der Waals surface area contributed by atoms with Gasteiger partial charge in [0.2, 0.25) is 0 Å². The normalized spacial score (nSPS) is 28.7. The van der Waals surface area contributed by atoms with Crippen LogP contribution in [0.1, 0.15) is 18.9 Å². The lowest BCUT2D eigenvalue weighted by atomic mass is 9.97. The van der Waals surface area contributed by atoms with Crippen molar-refractivity contribution in [3.63, 3.8) is 0 Å². The third kappa shape index (κ3) is 1.34. The molecular weight excluding hydrogens is 200 g/mol. The number of hydrogen-bond acceptors (Lipinski definition) is 2. The zero-order valence-electron chi connectivity index (χ0n) is 9.27. The van der Waals surface area contributed by atoms with E-state index >= 15 is 0 Å². The summed E-state index contributed by atoms with van der Waals surface area (Å²) in [5.41, 5.74) is 3.17. The van der Waals surface area contributed by atoms with Crippen molar-refractivity contribution in [3.8, 4) is 0 Å². The number of ketones is 1. The van der Waals surface area contributed by atoms with Crippen LogP contribution in [0.3, 0.4) is 0 Å². The third-order valence-corrected chi connectivity index (χ3v) is 3.58. The van der Waals surface area contributed by atoms with E-state index in [0.717, 1.165) is 11.1 Å². The molecule has 2 aliphatic rings. The summed E-state index contributed by atoms with van der Waals surface area (Å²) >= 11 is 0. The average Bonchev–Trinajstić information content (AvgIpc) is 2.80. The number of carbonyl (C=O) groups excluding carboxylic acids is 1. The highest BCUT2D eigenvalue weighted by Gasteiger charge is 2.40. The lowest BCUT2D eigenvalue weighted by Gasteiger charge is -2.07. The van der Waals surface area contributed by atoms with Crippen molar-refractivity contribution in [3.05, 3.63) is 41.5 Å². The molecule has 1 aromatic rings. The Morgan fingerprint density at radius 2 is 2.00 bits per heavy atom. The molecular formula is C14H14O2. The van der Waals surface area contributed by atoms with Gasteiger partial charge in [-0.25, -0.2) is 0 Å². The van der Waals surface area contributed by atoms with E-state index < -0.39 is 0 Å². The fourth-order valence-electron chi connectivity index (χ4n) is 2.71. The van der Waals surface area contributed by atoms with Crippen LogP contribution in [0.2, 0.25) is 0 Å². The first-order valence-electron chi connectivity index (χ1n) is 5.70. The molecule has 0 radical (unpaired) electrons. The van der Waals surface area contributed by atoms with Crippen LogP contribution in [0.15, 0.2) is 35.9 Å². The molecule has 2 heteroatoms. The second kappa shape index (κ2) is 3.56. The molecule has 0 bridgehead atoms. The SMILES string of the molecule is C[C@H]1OCC2=C(c3ccccc3)C(=O)C[C@@H]21. The van der Waals surface area contributed by atoms with Gasteiger partial charge in [0, 0.05) is 17.9 Å². The Bertz CT molecular complexity index is 459. The van der Waals surface area contributed by atoms with Crippen molar-refractivity contribution in [2.75, 3.05) is 6.61 Å². The zero-order chi connectivity index (χ0) is 11.1. The van der Waals surface area contributed by atoms with Gasteiger partial charge in [-0.05, 0) is 18.1 Å². The van der Waals surface area contributed by atoms with Crippen molar-refractivity contribution in [2.24, 2.45) is 5.92 Å². The topological polar surface area (TPSA) is 26.3 Å². The molecule has 2 atom stereocenters. The average molecular weight is 214 g/mol. The summed E-state index contributed by atoms with van der Waals surface area (Å²) in [5.74, 6) is 0.601. The quantitative estimate of drug-likeness (QED) is 0.717. The third-order valence-electron chi connectivity index (χ3n) is 3.58. The van der Waals surface area contributed by atoms with Crippen LogP contribution in [-0.4, -0.2) is 18.5 Å². The predicted octanol–water partition coefficient (Wildman–Crippen LogP) is 2.45. The monoisotopic (exact) mass is 214 g/mol. The van der Waals surface area contributed by atoms with Gasteiger partial charge in [0.25, 0.3) is 0 Å². The Morgan fingerprint density at radius 1 is 1.25 bits per heavy atom. The molecule has 0 unspecified atom stereocenters. The summed E-state index contributed by atoms with van der Waals surface area (Å²) in [5, 5.41) is 0. The molecule has 3 rings (SSSR count). The number of Topliss-reactive ketones (excluding diaryl/α,β-unsaturated/α-hetero) is 1. The van der Waals surface area contributed by atoms with Crippen LogP contribution in [0, 0.1) is 5.92 Å². The molecule has 1 fully saturated rings. The van der Waals surface area contributed by atoms with E-state index in [2.05, 4.69) is 6.92 Å². The maximum absolute atomic E-state index is 12.0. The van der Waals surface area contributed by atoms with Crippen molar-refractivity contribution in [2.45, 2.75) is 19.4 Å². The molecule has 1 aromatic carbocycles. The molecule has 1 aliphatic carbocycles. The number of rotatable bonds is 1. The summed E-state index contributed by atoms with van der Waals surface area (Å²) < 4.78 is 5.61. The molecule has 0 amide bonds. The summed E-state index contributed by atoms with van der Waals surface area (Å²) in [6.07, 6.45) is 0.820. The molecule has 0 saturated carbocycles. The number of hydrogen-bond donors (Lipinski definition) is 0. The van der Waals surface area contributed by atoms with E-state index in [-0.39, 0.29) is 11.9 Å². The molecule has 1 heterocycles. The predicted molar refractivity (Wildman–Crippen MR) is 61.9 cm³/mol. The summed E-state index contributed by atoms with van der Waals surface area (Å²) in [4.78, 5) is 12.0. The lowest BCUT2D eigenvalue weighted by molar-refractivity contribution is -0.114. The minimum Gasteiger partial charge on any atom is -0.373 e. The highest BCUT2D eigenvalue weighted by molar-refractivity contribution is 6.24. The fraction of sp³-hybridized carbons (Fsp3) is 0.357. The Balaban J connectivity index is 2.09. The fourth-order valence-corrected chi connectivity index (χ4v) is 2.71. The minimum atomic E-state index is 0.195. The van der Waals surface area contributed by atoms with Gasteiger partial charge in [0.05, 0.1) is 12.7 Å². The molecule has 2 nitrogen and oxygen atoms in total. The number of carbonyl (C=O) groups is 1. The van der Waals surface area contributed by atoms with Crippen LogP contribution >= 0.6 is 0 Å². The largest absolute Gasteiger partial charge is 0.373 e. The summed E-state index contributed by atoms with van der Waals surface area (Å²) in [6.45, 7) is 2.68. The van der Waals surface area contributed by atoms with Gasteiger partial charge < -0.3 is 4.74 Å². The van der Waals surface area contributed by atoms with E-state index in [4.69, 9.17) is 4.74 Å². The van der Waals surface area contributed by atoms with Gasteiger partial charge in [-0.2, -0.15) is 0 Å². The van der Waals surface area contributed by atoms with Gasteiger partial charge in [-0.3, -0.25) is 4.79 Å². The molecule has 82 valence electrons. The maximum atomic E-state index is 12.0. The summed E-state index contributed by atoms with van der Waals surface area (Å²) in [6, 6.07) is 9.93. The molecule has 0 N–H and O–H groups in total. The number of ether oxygens (including phenoxy) is 1. The number of allylic oxidation sites excluding steroid dienone is 1. The van der Waals surface area contributed by atoms with Crippen LogP contribution < -0.4 is 0 Å². The molecule has 0 spiro atoms. The standard InChI is InChI=1S/C14H14O2/c1-9-11-7-13(15)14(12(11)8-16-9)10-5-3-2-4-6-10/h2-6,9,11H,7-8H2,1H3/t9-,11-/m1/s1. The van der Waals surface area contributed by atoms with Crippen molar-refractivity contribution >= 4 is 11.4 Å². The Labute approximate surface area is 94.9 Å². The van der Waals surface area contributed by atoms with E-state index in [1.54, 1.807) is 0 Å². The highest BCUT2D eigenvalue weighted by Crippen LogP contribution is 2.42. The van der Waals surface area contributed by atoms with Crippen LogP contribution in [0.4, 0.5) is 0 Å². The number of fused-ring (bicyclic) bond motifs is 1. The minimum absolute atomic E-state index is 0.195. The lowest BCUT2D eigenvalue weighted by Crippen LogP contribution is -2.11. The molecule has 16 heavy (non-hydrogen) atoms. The van der Waals surface area contributed by atoms with Gasteiger partial charge in [0.1, 0.15) is 0 Å². The Morgan fingerprint density at radius 3 is 2.75 bits per heavy atom. The van der Waals surface area contributed by atoms with Gasteiger partial charge in [-0.1, -0.05) is 30.3 Å². The first-order valence-corrected chi connectivity index (χ1v) is 5.70. The van der Waals surface area contributed by atoms with Crippen molar-refractivity contribution in [1.29, 1.82) is 0 Å². The second-order valence-corrected chi connectivity index (χ2v) is 4.52. The van der Waals surface area contributed by atoms with Crippen LogP contribution in [0.5, 0.6) is 0 Å². The van der Waals surface area contributed by atoms with Gasteiger partial charge >= 0.3 is 0 Å². The van der Waals surface area contributed by atoms with E-state index in [1.165, 1.54) is 5.57 Å². The summed E-state index contributed by atoms with van der Waals surface area (Å²) in [7, 11) is 0. The van der Waals surface area contributed by atoms with Crippen LogP contribution in [0.25, 0.3) is 5.57 Å². The molecule has 0 aromatic heterocycles. The zero-order valence-corrected chi connectivity index (χ0v) is 9.27. The van der Waals surface area contributed by atoms with Gasteiger partial charge in [-0.15, -0.1) is 0 Å². The molecule has 1 aliphatic heterocycles. The van der Waals surface area contributed by atoms with Crippen molar-refractivity contribution in [1.82, 2.24) is 0 Å². The van der Waals surface area contributed by atoms with Crippen LogP contribution in [-0.2, 0) is 9.53 Å². The Hall–Kier alpha value is -1.41. The second-order valence-electron chi connectivity index (χ2n) is 4.52. The van der Waals surface area contributed by atoms with E-state index in [9.17, 15) is 4.79 Å². The van der Waals surface area contributed by atoms with E-state index in [1.807, 2.05) is 30.3 Å². The number of benzene rings is 1. The maximum Gasteiger partial charge on any atom is 0.164 e. The van der Waals surface area contributed by atoms with Crippen molar-refractivity contribution < 1.29 is 9.53 Å². The van der Waals surface area contributed by atoms with Gasteiger partial charge in [0.15, 0.2) is 5.78 Å². The first kappa shape index (κ1) is 9.79. The smallest absolute Gasteiger partial charge is 0.164 e. The highest BCUT2D eigenvalue weighted by atomic mass is 16.5. The molecule has 1 saturated heterocycles.